The molecule has 0 unspecified atom stereocenters. The van der Waals surface area contributed by atoms with Gasteiger partial charge in [-0.15, -0.1) is 58.5 Å². The van der Waals surface area contributed by atoms with E-state index in [0.717, 1.165) is 190 Å². The van der Waals surface area contributed by atoms with E-state index in [1.807, 2.05) is 123 Å². The van der Waals surface area contributed by atoms with E-state index in [1.54, 1.807) is 45.3 Å². The maximum Gasteiger partial charge on any atom is 0.307 e. The summed E-state index contributed by atoms with van der Waals surface area (Å²) in [5, 5.41) is 49.7. The highest BCUT2D eigenvalue weighted by Gasteiger charge is 2.23. The van der Waals surface area contributed by atoms with Gasteiger partial charge >= 0.3 is 23.9 Å². The fraction of sp³-hybridized carbons (Fsp3) is 0.214. The lowest BCUT2D eigenvalue weighted by Gasteiger charge is -2.15. The monoisotopic (exact) mass is 1880 g/mol. The number of benzene rings is 8. The second-order valence-corrected chi connectivity index (χ2v) is 36.7. The minimum Gasteiger partial charge on any atom is -0.481 e. The lowest BCUT2D eigenvalue weighted by Crippen LogP contribution is -2.07. The molecule has 24 heteroatoms. The summed E-state index contributed by atoms with van der Waals surface area (Å²) in [6, 6.07) is 81.2. The SMILES string of the molecule is C=CCc1c(C)nc(-c2ccc(-c3ccc(CC)cc3)s2)nc1Nc1ccc(CC(=O)O)cc1.C=CCc1c(CC)nc(-c2ccc(-c3ccc(CC)cc3)s2)nc1Nc1ccc(CC(=O)O)cc1.CCc1ccc(-c2ccc(-c3nc(C)c(CC)c(Nc4ccc(CC(=O)O)cc4)n3)s2)cc1.CCc1ccc(-c2ccc(-c3nc(CC)c(CC)c(Nc4ccc(CC(=O)O)cc4)n3)s2)cc1. The first-order chi connectivity index (χ1) is 65.9. The van der Waals surface area contributed by atoms with Gasteiger partial charge in [0.05, 0.1) is 45.2 Å². The van der Waals surface area contributed by atoms with E-state index in [2.05, 4.69) is 235 Å². The molecule has 8 aromatic heterocycles. The van der Waals surface area contributed by atoms with Crippen molar-refractivity contribution in [2.45, 2.75) is 159 Å². The number of anilines is 8. The first-order valence-electron chi connectivity index (χ1n) is 45.8. The summed E-state index contributed by atoms with van der Waals surface area (Å²) in [6.07, 6.45) is 12.4. The van der Waals surface area contributed by atoms with E-state index in [0.29, 0.717) is 30.3 Å². The molecule has 0 bridgehead atoms. The molecular weight excluding hydrogens is 1770 g/mol. The molecule has 0 aliphatic carbocycles. The van der Waals surface area contributed by atoms with Crippen LogP contribution in [-0.2, 0) is 109 Å². The van der Waals surface area contributed by atoms with Gasteiger partial charge in [0, 0.05) is 87.3 Å². The third kappa shape index (κ3) is 26.5. The molecular formula is C112H112N12O8S4. The molecule has 0 saturated heterocycles. The maximum atomic E-state index is 11.0. The zero-order valence-corrected chi connectivity index (χ0v) is 81.5. The quantitative estimate of drug-likeness (QED) is 0.0169. The molecule has 8 heterocycles. The van der Waals surface area contributed by atoms with Crippen molar-refractivity contribution in [1.29, 1.82) is 0 Å². The van der Waals surface area contributed by atoms with Gasteiger partial charge in [-0.05, 0) is 242 Å². The molecule has 0 fully saturated rings. The lowest BCUT2D eigenvalue weighted by atomic mass is 10.1. The van der Waals surface area contributed by atoms with Gasteiger partial charge in [0.25, 0.3) is 0 Å². The predicted molar refractivity (Wildman–Crippen MR) is 560 cm³/mol. The molecule has 0 atom stereocenters. The van der Waals surface area contributed by atoms with Gasteiger partial charge in [-0.3, -0.25) is 19.2 Å². The first kappa shape index (κ1) is 98.9. The molecule has 8 N–H and O–H groups in total. The Balaban J connectivity index is 0.000000153. The van der Waals surface area contributed by atoms with Crippen molar-refractivity contribution in [3.63, 3.8) is 0 Å². The number of carboxylic acid groups (broad SMARTS) is 4. The minimum absolute atomic E-state index is 0.000635. The molecule has 0 saturated carbocycles. The molecule has 0 aliphatic rings. The number of carbonyl (C=O) groups is 4. The summed E-state index contributed by atoms with van der Waals surface area (Å²) in [4.78, 5) is 91.6. The normalized spacial score (nSPS) is 10.8. The average Bonchev–Trinajstić information content (AvgIpc) is 1.47. The van der Waals surface area contributed by atoms with E-state index < -0.39 is 23.9 Å². The molecule has 16 aromatic rings. The summed E-state index contributed by atoms with van der Waals surface area (Å²) in [5.41, 5.74) is 24.6. The number of aryl methyl sites for hydroxylation is 8. The molecule has 20 nitrogen and oxygen atoms in total. The Morgan fingerprint density at radius 3 is 0.728 bits per heavy atom. The molecule has 8 aromatic carbocycles. The van der Waals surface area contributed by atoms with Crippen LogP contribution < -0.4 is 21.3 Å². The standard InChI is InChI=1S/C29H29N3O2S.C28H27N3O2S.C28H29N3O2S.C27H27N3O2S/c1-4-7-23-24(6-3)31-29(26-17-16-25(35-26)21-12-8-19(5-2)9-13-21)32-28(23)30-22-14-10-20(11-15-22)18-27(33)34;1-4-6-23-18(3)29-28(25-16-15-24(34-25)21-11-7-19(5-2)8-12-21)31-27(23)30-22-13-9-20(10-14-22)17-26(32)33;1-4-18-7-11-20(12-8-18)24-15-16-25(34-24)28-30-23(6-3)22(5-2)27(31-28)29-21-13-9-19(10-14-21)17-26(32)33;1-4-18-6-10-20(11-7-18)23-14-15-24(33-23)27-28-17(3)22(5-2)26(30-27)29-21-12-8-19(9-13-21)16-25(31)32/h4,8-17H,1,5-7,18H2,2-3H3,(H,33,34)(H,30,31,32);4,7-16H,1,5-6,17H2,2-3H3,(H,32,33)(H,29,30,31);7-16H,4-6,17H2,1-3H3,(H,32,33)(H,29,30,31);6-15H,4-5,16H2,1-3H3,(H,31,32)(H,28,29,30). The van der Waals surface area contributed by atoms with Crippen LogP contribution in [0.25, 0.3) is 84.6 Å². The molecule has 0 aliphatic heterocycles. The van der Waals surface area contributed by atoms with Crippen LogP contribution in [-0.4, -0.2) is 84.2 Å². The third-order valence-electron chi connectivity index (χ3n) is 22.9. The van der Waals surface area contributed by atoms with Gasteiger partial charge in [-0.1, -0.05) is 213 Å². The largest absolute Gasteiger partial charge is 0.481 e. The Morgan fingerprint density at radius 2 is 0.478 bits per heavy atom. The zero-order valence-electron chi connectivity index (χ0n) is 78.2. The van der Waals surface area contributed by atoms with Gasteiger partial charge in [0.1, 0.15) is 23.3 Å². The first-order valence-corrected chi connectivity index (χ1v) is 49.1. The van der Waals surface area contributed by atoms with Crippen molar-refractivity contribution in [2.75, 3.05) is 21.3 Å². The van der Waals surface area contributed by atoms with Gasteiger partial charge < -0.3 is 41.7 Å². The van der Waals surface area contributed by atoms with Crippen molar-refractivity contribution in [3.8, 4) is 84.6 Å². The third-order valence-corrected chi connectivity index (χ3v) is 27.4. The summed E-state index contributed by atoms with van der Waals surface area (Å²) in [7, 11) is 0. The summed E-state index contributed by atoms with van der Waals surface area (Å²) in [5.74, 6) is 2.51. The molecule has 692 valence electrons. The summed E-state index contributed by atoms with van der Waals surface area (Å²) in [6.45, 7) is 28.9. The molecule has 16 rings (SSSR count). The van der Waals surface area contributed by atoms with Crippen LogP contribution in [0.3, 0.4) is 0 Å². The van der Waals surface area contributed by atoms with Crippen LogP contribution in [0.2, 0.25) is 0 Å². The number of nitrogens with one attached hydrogen (secondary N) is 4. The topological polar surface area (TPSA) is 300 Å². The van der Waals surface area contributed by atoms with E-state index in [-0.39, 0.29) is 25.7 Å². The van der Waals surface area contributed by atoms with Gasteiger partial charge in [0.2, 0.25) is 0 Å². The number of hydrogen-bond donors (Lipinski definition) is 8. The summed E-state index contributed by atoms with van der Waals surface area (Å²) < 4.78 is 0. The number of hydrogen-bond acceptors (Lipinski definition) is 20. The van der Waals surface area contributed by atoms with Crippen LogP contribution in [0.1, 0.15) is 145 Å². The van der Waals surface area contributed by atoms with Gasteiger partial charge in [-0.2, -0.15) is 0 Å². The zero-order chi connectivity index (χ0) is 96.3. The van der Waals surface area contributed by atoms with Crippen molar-refractivity contribution >= 4 is 115 Å². The minimum atomic E-state index is -0.846. The number of aromatic nitrogens is 8. The van der Waals surface area contributed by atoms with E-state index >= 15 is 0 Å². The van der Waals surface area contributed by atoms with Crippen LogP contribution in [0, 0.1) is 13.8 Å². The van der Waals surface area contributed by atoms with Crippen LogP contribution >= 0.6 is 45.3 Å². The average molecular weight is 1880 g/mol. The predicted octanol–water partition coefficient (Wildman–Crippen LogP) is 27.5. The van der Waals surface area contributed by atoms with Gasteiger partial charge in [0.15, 0.2) is 23.3 Å². The molecule has 0 radical (unpaired) electrons. The van der Waals surface area contributed by atoms with Crippen molar-refractivity contribution in [3.05, 3.63) is 358 Å². The second-order valence-electron chi connectivity index (χ2n) is 32.4. The highest BCUT2D eigenvalue weighted by atomic mass is 32.1. The summed E-state index contributed by atoms with van der Waals surface area (Å²) >= 11 is 6.75. The van der Waals surface area contributed by atoms with Crippen LogP contribution in [0.15, 0.2) is 268 Å². The van der Waals surface area contributed by atoms with Crippen molar-refractivity contribution < 1.29 is 39.6 Å². The van der Waals surface area contributed by atoms with E-state index in [9.17, 15) is 19.2 Å². The fourth-order valence-corrected chi connectivity index (χ4v) is 19.2. The van der Waals surface area contributed by atoms with E-state index in [4.69, 9.17) is 60.3 Å². The Bertz CT molecular complexity index is 6810. The van der Waals surface area contributed by atoms with Crippen LogP contribution in [0.5, 0.6) is 0 Å². The fourth-order valence-electron chi connectivity index (χ4n) is 15.4. The van der Waals surface area contributed by atoms with Gasteiger partial charge in [-0.25, -0.2) is 39.9 Å². The molecule has 0 spiro atoms. The Morgan fingerprint density at radius 1 is 0.257 bits per heavy atom. The smallest absolute Gasteiger partial charge is 0.307 e. The molecule has 0 amide bonds. The lowest BCUT2D eigenvalue weighted by molar-refractivity contribution is -0.137. The highest BCUT2D eigenvalue weighted by molar-refractivity contribution is 7.19. The Hall–Kier alpha value is -14.6. The number of nitrogens with zero attached hydrogens (tertiary/aromatic N) is 8. The Kier molecular flexibility index (Phi) is 34.8. The number of thiophene rings is 4. The second kappa shape index (κ2) is 47.9. The van der Waals surface area contributed by atoms with Crippen LogP contribution in [0.4, 0.5) is 46.0 Å². The number of rotatable bonds is 36. The number of aliphatic carboxylic acids is 4. The number of allylic oxidation sites excluding steroid dienone is 2. The van der Waals surface area contributed by atoms with Crippen molar-refractivity contribution in [1.82, 2.24) is 39.9 Å². The van der Waals surface area contributed by atoms with E-state index in [1.165, 1.54) is 64.0 Å². The van der Waals surface area contributed by atoms with Crippen molar-refractivity contribution in [2.24, 2.45) is 0 Å². The maximum absolute atomic E-state index is 11.0. The molecule has 136 heavy (non-hydrogen) atoms. The number of carboxylic acids is 4. The Labute approximate surface area is 811 Å². The highest BCUT2D eigenvalue weighted by Crippen LogP contribution is 2.41.